The van der Waals surface area contributed by atoms with Crippen molar-refractivity contribution in [3.05, 3.63) is 23.8 Å². The lowest BCUT2D eigenvalue weighted by Gasteiger charge is -2.18. The molecular formula is C18H31NO2. The van der Waals surface area contributed by atoms with Crippen LogP contribution in [0, 0.1) is 5.92 Å². The Morgan fingerprint density at radius 2 is 2.00 bits per heavy atom. The number of rotatable bonds is 11. The molecule has 1 aromatic rings. The van der Waals surface area contributed by atoms with Gasteiger partial charge in [0.15, 0.2) is 0 Å². The van der Waals surface area contributed by atoms with Gasteiger partial charge in [0.05, 0.1) is 13.7 Å². The van der Waals surface area contributed by atoms with Crippen LogP contribution < -0.4 is 14.8 Å². The second-order valence-corrected chi connectivity index (χ2v) is 5.48. The Morgan fingerprint density at radius 3 is 2.62 bits per heavy atom. The van der Waals surface area contributed by atoms with E-state index < -0.39 is 0 Å². The molecule has 0 aliphatic heterocycles. The van der Waals surface area contributed by atoms with Crippen molar-refractivity contribution in [3.63, 3.8) is 0 Å². The van der Waals surface area contributed by atoms with Gasteiger partial charge in [0, 0.05) is 12.1 Å². The van der Waals surface area contributed by atoms with Crippen molar-refractivity contribution in [1.29, 1.82) is 0 Å². The fourth-order valence-corrected chi connectivity index (χ4v) is 2.33. The van der Waals surface area contributed by atoms with E-state index in [2.05, 4.69) is 32.2 Å². The third-order valence-electron chi connectivity index (χ3n) is 3.85. The number of benzene rings is 1. The highest BCUT2D eigenvalue weighted by Gasteiger charge is 2.10. The molecule has 3 nitrogen and oxygen atoms in total. The lowest BCUT2D eigenvalue weighted by atomic mass is 10.0. The van der Waals surface area contributed by atoms with Crippen molar-refractivity contribution in [2.24, 2.45) is 5.92 Å². The first-order chi connectivity index (χ1) is 10.2. The van der Waals surface area contributed by atoms with Crippen molar-refractivity contribution < 1.29 is 9.47 Å². The van der Waals surface area contributed by atoms with Gasteiger partial charge in [0.1, 0.15) is 11.5 Å². The second kappa shape index (κ2) is 10.5. The molecule has 1 rings (SSSR count). The van der Waals surface area contributed by atoms with Crippen LogP contribution >= 0.6 is 0 Å². The van der Waals surface area contributed by atoms with E-state index in [-0.39, 0.29) is 0 Å². The van der Waals surface area contributed by atoms with Crippen LogP contribution in [0.25, 0.3) is 0 Å². The minimum absolute atomic E-state index is 0.652. The molecule has 1 N–H and O–H groups in total. The number of hydrogen-bond donors (Lipinski definition) is 1. The van der Waals surface area contributed by atoms with Gasteiger partial charge >= 0.3 is 0 Å². The van der Waals surface area contributed by atoms with Crippen molar-refractivity contribution in [1.82, 2.24) is 5.32 Å². The largest absolute Gasteiger partial charge is 0.497 e. The van der Waals surface area contributed by atoms with E-state index in [0.29, 0.717) is 5.92 Å². The summed E-state index contributed by atoms with van der Waals surface area (Å²) in [5.41, 5.74) is 1.17. The van der Waals surface area contributed by atoms with E-state index in [1.54, 1.807) is 7.11 Å². The predicted molar refractivity (Wildman–Crippen MR) is 89.2 cm³/mol. The molecule has 0 saturated carbocycles. The van der Waals surface area contributed by atoms with Gasteiger partial charge in [-0.2, -0.15) is 0 Å². The zero-order chi connectivity index (χ0) is 15.5. The Labute approximate surface area is 130 Å². The highest BCUT2D eigenvalue weighted by molar-refractivity contribution is 5.40. The molecule has 0 spiro atoms. The quantitative estimate of drug-likeness (QED) is 0.656. The molecular weight excluding hydrogens is 262 g/mol. The third-order valence-corrected chi connectivity index (χ3v) is 3.85. The molecule has 120 valence electrons. The van der Waals surface area contributed by atoms with E-state index in [1.165, 1.54) is 31.2 Å². The lowest BCUT2D eigenvalue weighted by Crippen LogP contribution is -2.15. The number of ether oxygens (including phenoxy) is 2. The molecule has 0 radical (unpaired) electrons. The third kappa shape index (κ3) is 6.38. The number of unbranched alkanes of at least 4 members (excludes halogenated alkanes) is 1. The van der Waals surface area contributed by atoms with Crippen molar-refractivity contribution in [3.8, 4) is 11.5 Å². The van der Waals surface area contributed by atoms with Gasteiger partial charge in [-0.15, -0.1) is 0 Å². The van der Waals surface area contributed by atoms with Crippen LogP contribution in [0.5, 0.6) is 11.5 Å². The Hall–Kier alpha value is -1.22. The van der Waals surface area contributed by atoms with Crippen LogP contribution in [0.3, 0.4) is 0 Å². The molecule has 0 saturated heterocycles. The maximum atomic E-state index is 6.09. The molecule has 0 aromatic heterocycles. The first-order valence-corrected chi connectivity index (χ1v) is 8.25. The molecule has 0 amide bonds. The van der Waals surface area contributed by atoms with Gasteiger partial charge in [-0.05, 0) is 37.1 Å². The van der Waals surface area contributed by atoms with Crippen LogP contribution in [-0.2, 0) is 6.54 Å². The van der Waals surface area contributed by atoms with Gasteiger partial charge in [-0.25, -0.2) is 0 Å². The molecule has 1 atom stereocenters. The van der Waals surface area contributed by atoms with Crippen molar-refractivity contribution in [2.45, 2.75) is 53.0 Å². The van der Waals surface area contributed by atoms with E-state index in [1.807, 2.05) is 12.1 Å². The molecule has 1 unspecified atom stereocenters. The van der Waals surface area contributed by atoms with Crippen LogP contribution in [0.1, 0.15) is 52.0 Å². The zero-order valence-corrected chi connectivity index (χ0v) is 14.1. The number of methoxy groups -OCH3 is 1. The Morgan fingerprint density at radius 1 is 1.19 bits per heavy atom. The normalized spacial score (nSPS) is 12.2. The molecule has 0 aliphatic carbocycles. The summed E-state index contributed by atoms with van der Waals surface area (Å²) in [4.78, 5) is 0. The molecule has 21 heavy (non-hydrogen) atoms. The van der Waals surface area contributed by atoms with Gasteiger partial charge in [-0.3, -0.25) is 0 Å². The minimum atomic E-state index is 0.652. The maximum Gasteiger partial charge on any atom is 0.124 e. The first-order valence-electron chi connectivity index (χ1n) is 8.25. The van der Waals surface area contributed by atoms with E-state index in [9.17, 15) is 0 Å². The summed E-state index contributed by atoms with van der Waals surface area (Å²) in [5.74, 6) is 2.51. The summed E-state index contributed by atoms with van der Waals surface area (Å²) in [6, 6.07) is 6.06. The second-order valence-electron chi connectivity index (χ2n) is 5.48. The smallest absolute Gasteiger partial charge is 0.124 e. The summed E-state index contributed by atoms with van der Waals surface area (Å²) in [5, 5.41) is 3.36. The Kier molecular flexibility index (Phi) is 8.91. The summed E-state index contributed by atoms with van der Waals surface area (Å²) >= 11 is 0. The summed E-state index contributed by atoms with van der Waals surface area (Å²) in [6.07, 6.45) is 4.98. The molecule has 0 fully saturated rings. The molecule has 3 heteroatoms. The number of nitrogens with one attached hydrogen (secondary N) is 1. The predicted octanol–water partition coefficient (Wildman–Crippen LogP) is 4.40. The van der Waals surface area contributed by atoms with Crippen molar-refractivity contribution >= 4 is 0 Å². The molecule has 1 aromatic carbocycles. The standard InChI is InChI=1S/C18H31NO2/c1-5-8-9-15(6-2)14-21-18-11-10-17(20-4)12-16(18)13-19-7-3/h10-12,15,19H,5-9,13-14H2,1-4H3. The molecule has 0 heterocycles. The summed E-state index contributed by atoms with van der Waals surface area (Å²) in [7, 11) is 1.70. The average Bonchev–Trinajstić information content (AvgIpc) is 2.53. The van der Waals surface area contributed by atoms with Crippen LogP contribution in [0.4, 0.5) is 0 Å². The van der Waals surface area contributed by atoms with Crippen LogP contribution in [0.15, 0.2) is 18.2 Å². The van der Waals surface area contributed by atoms with Crippen LogP contribution in [0.2, 0.25) is 0 Å². The van der Waals surface area contributed by atoms with Gasteiger partial charge in [0.25, 0.3) is 0 Å². The van der Waals surface area contributed by atoms with E-state index in [4.69, 9.17) is 9.47 Å². The van der Waals surface area contributed by atoms with Gasteiger partial charge < -0.3 is 14.8 Å². The van der Waals surface area contributed by atoms with Crippen molar-refractivity contribution in [2.75, 3.05) is 20.3 Å². The highest BCUT2D eigenvalue weighted by Crippen LogP contribution is 2.25. The van der Waals surface area contributed by atoms with Crippen LogP contribution in [-0.4, -0.2) is 20.3 Å². The Balaban J connectivity index is 2.66. The van der Waals surface area contributed by atoms with E-state index >= 15 is 0 Å². The zero-order valence-electron chi connectivity index (χ0n) is 14.1. The van der Waals surface area contributed by atoms with Gasteiger partial charge in [0.2, 0.25) is 0 Å². The number of hydrogen-bond acceptors (Lipinski definition) is 3. The Bertz CT molecular complexity index is 393. The highest BCUT2D eigenvalue weighted by atomic mass is 16.5. The topological polar surface area (TPSA) is 30.5 Å². The maximum absolute atomic E-state index is 6.09. The molecule has 0 aliphatic rings. The van der Waals surface area contributed by atoms with Gasteiger partial charge in [-0.1, -0.05) is 40.0 Å². The summed E-state index contributed by atoms with van der Waals surface area (Å²) in [6.45, 7) is 9.17. The minimum Gasteiger partial charge on any atom is -0.497 e. The first kappa shape index (κ1) is 17.8. The SMILES string of the molecule is CCCCC(CC)COc1ccc(OC)cc1CNCC. The fraction of sp³-hybridized carbons (Fsp3) is 0.667. The monoisotopic (exact) mass is 293 g/mol. The summed E-state index contributed by atoms with van der Waals surface area (Å²) < 4.78 is 11.4. The lowest BCUT2D eigenvalue weighted by molar-refractivity contribution is 0.231. The average molecular weight is 293 g/mol. The fourth-order valence-electron chi connectivity index (χ4n) is 2.33. The van der Waals surface area contributed by atoms with E-state index in [0.717, 1.165) is 31.2 Å². The molecule has 0 bridgehead atoms.